The van der Waals surface area contributed by atoms with Crippen molar-refractivity contribution in [3.8, 4) is 5.75 Å². The van der Waals surface area contributed by atoms with Gasteiger partial charge in [-0.3, -0.25) is 0 Å². The van der Waals surface area contributed by atoms with Gasteiger partial charge in [-0.15, -0.1) is 0 Å². The molecule has 2 atom stereocenters. The first-order valence-corrected chi connectivity index (χ1v) is 6.22. The number of hydrogen-bond donors (Lipinski definition) is 0. The zero-order valence-electron chi connectivity index (χ0n) is 8.37. The van der Waals surface area contributed by atoms with Crippen molar-refractivity contribution >= 4 is 22.6 Å². The van der Waals surface area contributed by atoms with Gasteiger partial charge in [0.05, 0.1) is 6.61 Å². The topological polar surface area (TPSA) is 9.23 Å². The average molecular weight is 302 g/mol. The highest BCUT2D eigenvalue weighted by molar-refractivity contribution is 14.1. The molecule has 76 valence electrons. The van der Waals surface area contributed by atoms with E-state index in [-0.39, 0.29) is 0 Å². The predicted molar refractivity (Wildman–Crippen MR) is 66.5 cm³/mol. The lowest BCUT2D eigenvalue weighted by molar-refractivity contribution is 0.116. The summed E-state index contributed by atoms with van der Waals surface area (Å²) < 4.78 is 6.99. The minimum absolute atomic E-state index is 0.786. The first kappa shape index (κ1) is 10.3. The van der Waals surface area contributed by atoms with Gasteiger partial charge in [-0.05, 0) is 71.5 Å². The Morgan fingerprint density at radius 2 is 2.00 bits per heavy atom. The summed E-state index contributed by atoms with van der Waals surface area (Å²) in [6.07, 6.45) is 2.71. The van der Waals surface area contributed by atoms with Crippen LogP contribution in [0.25, 0.3) is 0 Å². The molecule has 0 aromatic heterocycles. The molecule has 0 spiro atoms. The Morgan fingerprint density at radius 1 is 1.29 bits per heavy atom. The number of ether oxygens (including phenoxy) is 1. The Kier molecular flexibility index (Phi) is 3.31. The van der Waals surface area contributed by atoms with Crippen molar-refractivity contribution in [3.05, 3.63) is 27.8 Å². The van der Waals surface area contributed by atoms with Crippen LogP contribution in [-0.2, 0) is 0 Å². The third-order valence-corrected chi connectivity index (χ3v) is 3.79. The van der Waals surface area contributed by atoms with Crippen molar-refractivity contribution in [1.29, 1.82) is 0 Å². The molecule has 1 aliphatic rings. The highest BCUT2D eigenvalue weighted by Gasteiger charge is 2.26. The maximum absolute atomic E-state index is 5.73. The van der Waals surface area contributed by atoms with Crippen LogP contribution in [0.3, 0.4) is 0 Å². The van der Waals surface area contributed by atoms with E-state index in [4.69, 9.17) is 4.74 Å². The zero-order valence-corrected chi connectivity index (χ0v) is 10.5. The molecule has 1 aliphatic carbocycles. The van der Waals surface area contributed by atoms with E-state index in [2.05, 4.69) is 41.6 Å². The summed E-state index contributed by atoms with van der Waals surface area (Å²) in [5.41, 5.74) is 0. The van der Waals surface area contributed by atoms with Gasteiger partial charge in [0.25, 0.3) is 0 Å². The van der Waals surface area contributed by atoms with Crippen LogP contribution in [0, 0.1) is 15.4 Å². The Hall–Kier alpha value is -0.250. The molecule has 0 heterocycles. The first-order chi connectivity index (χ1) is 6.75. The molecule has 1 nitrogen and oxygen atoms in total. The fourth-order valence-corrected chi connectivity index (χ4v) is 2.08. The maximum atomic E-state index is 5.73. The standard InChI is InChI=1S/C12H15IO/c1-9-2-3-10(9)8-14-12-6-4-11(13)5-7-12/h4-7,9-10H,2-3,8H2,1H3/t9-,10-/m0/s1. The molecule has 14 heavy (non-hydrogen) atoms. The van der Waals surface area contributed by atoms with E-state index in [1.54, 1.807) is 0 Å². The summed E-state index contributed by atoms with van der Waals surface area (Å²) in [4.78, 5) is 0. The Morgan fingerprint density at radius 3 is 2.50 bits per heavy atom. The van der Waals surface area contributed by atoms with E-state index in [1.807, 2.05) is 12.1 Å². The second kappa shape index (κ2) is 4.51. The lowest BCUT2D eigenvalue weighted by Crippen LogP contribution is -2.28. The Labute approximate surface area is 99.0 Å². The highest BCUT2D eigenvalue weighted by Crippen LogP contribution is 2.33. The molecule has 1 fully saturated rings. The molecule has 0 bridgehead atoms. The van der Waals surface area contributed by atoms with Crippen molar-refractivity contribution in [2.24, 2.45) is 11.8 Å². The van der Waals surface area contributed by atoms with Crippen LogP contribution >= 0.6 is 22.6 Å². The first-order valence-electron chi connectivity index (χ1n) is 5.14. The lowest BCUT2D eigenvalue weighted by atomic mass is 9.75. The van der Waals surface area contributed by atoms with E-state index in [1.165, 1.54) is 16.4 Å². The van der Waals surface area contributed by atoms with E-state index < -0.39 is 0 Å². The van der Waals surface area contributed by atoms with Gasteiger partial charge in [0.2, 0.25) is 0 Å². The molecule has 0 unspecified atom stereocenters. The van der Waals surface area contributed by atoms with Crippen LogP contribution in [0.2, 0.25) is 0 Å². The maximum Gasteiger partial charge on any atom is 0.119 e. The quantitative estimate of drug-likeness (QED) is 0.773. The van der Waals surface area contributed by atoms with Gasteiger partial charge in [0, 0.05) is 3.57 Å². The molecular formula is C12H15IO. The van der Waals surface area contributed by atoms with Crippen molar-refractivity contribution < 1.29 is 4.74 Å². The third-order valence-electron chi connectivity index (χ3n) is 3.08. The number of halogens is 1. The van der Waals surface area contributed by atoms with E-state index in [0.29, 0.717) is 0 Å². The lowest BCUT2D eigenvalue weighted by Gasteiger charge is -2.33. The van der Waals surface area contributed by atoms with Crippen molar-refractivity contribution in [1.82, 2.24) is 0 Å². The average Bonchev–Trinajstić information content (AvgIpc) is 2.19. The van der Waals surface area contributed by atoms with Gasteiger partial charge in [-0.25, -0.2) is 0 Å². The van der Waals surface area contributed by atoms with Crippen LogP contribution in [0.5, 0.6) is 5.75 Å². The van der Waals surface area contributed by atoms with Crippen LogP contribution in [-0.4, -0.2) is 6.61 Å². The molecule has 0 aliphatic heterocycles. The van der Waals surface area contributed by atoms with Gasteiger partial charge in [0.15, 0.2) is 0 Å². The zero-order chi connectivity index (χ0) is 9.97. The van der Waals surface area contributed by atoms with Crippen LogP contribution in [0.4, 0.5) is 0 Å². The highest BCUT2D eigenvalue weighted by atomic mass is 127. The van der Waals surface area contributed by atoms with Crippen LogP contribution in [0.1, 0.15) is 19.8 Å². The largest absolute Gasteiger partial charge is 0.493 e. The van der Waals surface area contributed by atoms with Gasteiger partial charge in [0.1, 0.15) is 5.75 Å². The Bertz CT molecular complexity index is 294. The minimum atomic E-state index is 0.786. The Balaban J connectivity index is 1.83. The summed E-state index contributed by atoms with van der Waals surface area (Å²) in [6.45, 7) is 3.20. The summed E-state index contributed by atoms with van der Waals surface area (Å²) in [5, 5.41) is 0. The predicted octanol–water partition coefficient (Wildman–Crippen LogP) is 3.72. The van der Waals surface area contributed by atoms with Gasteiger partial charge < -0.3 is 4.74 Å². The third kappa shape index (κ3) is 2.41. The molecule has 1 saturated carbocycles. The molecule has 2 heteroatoms. The molecule has 0 radical (unpaired) electrons. The van der Waals surface area contributed by atoms with Gasteiger partial charge in [-0.1, -0.05) is 6.92 Å². The molecule has 0 amide bonds. The van der Waals surface area contributed by atoms with Gasteiger partial charge in [-0.2, -0.15) is 0 Å². The number of hydrogen-bond acceptors (Lipinski definition) is 1. The molecule has 2 rings (SSSR count). The number of benzene rings is 1. The van der Waals surface area contributed by atoms with Crippen molar-refractivity contribution in [3.63, 3.8) is 0 Å². The minimum Gasteiger partial charge on any atom is -0.493 e. The smallest absolute Gasteiger partial charge is 0.119 e. The molecule has 0 saturated heterocycles. The second-order valence-corrected chi connectivity index (χ2v) is 5.33. The number of rotatable bonds is 3. The molecular weight excluding hydrogens is 287 g/mol. The molecule has 0 N–H and O–H groups in total. The van der Waals surface area contributed by atoms with Crippen LogP contribution in [0.15, 0.2) is 24.3 Å². The summed E-state index contributed by atoms with van der Waals surface area (Å²) >= 11 is 2.30. The molecule has 1 aromatic carbocycles. The van der Waals surface area contributed by atoms with E-state index in [0.717, 1.165) is 24.2 Å². The summed E-state index contributed by atoms with van der Waals surface area (Å²) in [7, 11) is 0. The van der Waals surface area contributed by atoms with Crippen LogP contribution < -0.4 is 4.74 Å². The van der Waals surface area contributed by atoms with Gasteiger partial charge >= 0.3 is 0 Å². The SMILES string of the molecule is C[C@H]1CC[C@H]1COc1ccc(I)cc1. The monoisotopic (exact) mass is 302 g/mol. The fourth-order valence-electron chi connectivity index (χ4n) is 1.72. The van der Waals surface area contributed by atoms with Crippen molar-refractivity contribution in [2.75, 3.05) is 6.61 Å². The summed E-state index contributed by atoms with van der Waals surface area (Å²) in [5.74, 6) is 2.65. The fraction of sp³-hybridized carbons (Fsp3) is 0.500. The normalized spacial score (nSPS) is 25.6. The van der Waals surface area contributed by atoms with E-state index in [9.17, 15) is 0 Å². The summed E-state index contributed by atoms with van der Waals surface area (Å²) in [6, 6.07) is 8.26. The van der Waals surface area contributed by atoms with Crippen molar-refractivity contribution in [2.45, 2.75) is 19.8 Å². The second-order valence-electron chi connectivity index (χ2n) is 4.08. The molecule has 1 aromatic rings. The van der Waals surface area contributed by atoms with E-state index >= 15 is 0 Å².